The number of carbonyl (C=O) groups excluding carboxylic acids is 1. The Kier molecular flexibility index (Phi) is 2.94. The molecule has 1 heterocycles. The smallest absolute Gasteiger partial charge is 0.252 e. The maximum absolute atomic E-state index is 11.6. The van der Waals surface area contributed by atoms with Crippen LogP contribution in [0.5, 0.6) is 0 Å². The van der Waals surface area contributed by atoms with Crippen LogP contribution in [0.2, 0.25) is 0 Å². The van der Waals surface area contributed by atoms with Crippen molar-refractivity contribution in [2.75, 3.05) is 11.1 Å². The molecule has 1 aromatic rings. The number of nitrogens with zero attached hydrogens (tertiary/aromatic N) is 1. The molecule has 5 heteroatoms. The molecule has 2 fully saturated rings. The molecule has 0 aliphatic heterocycles. The largest absolute Gasteiger partial charge is 0.397 e. The van der Waals surface area contributed by atoms with Crippen molar-refractivity contribution in [2.24, 2.45) is 22.5 Å². The van der Waals surface area contributed by atoms with Gasteiger partial charge in [-0.15, -0.1) is 0 Å². The van der Waals surface area contributed by atoms with Gasteiger partial charge in [-0.25, -0.2) is 4.98 Å². The molecule has 5 N–H and O–H groups in total. The molecule has 2 bridgehead atoms. The Morgan fingerprint density at radius 2 is 2.14 bits per heavy atom. The number of primary amides is 1. The van der Waals surface area contributed by atoms with E-state index in [4.69, 9.17) is 11.5 Å². The molecule has 1 aromatic heterocycles. The maximum Gasteiger partial charge on any atom is 0.252 e. The van der Waals surface area contributed by atoms with Crippen molar-refractivity contribution < 1.29 is 4.79 Å². The summed E-state index contributed by atoms with van der Waals surface area (Å²) in [6.45, 7) is 6.95. The fourth-order valence-electron chi connectivity index (χ4n) is 4.58. The molecule has 21 heavy (non-hydrogen) atoms. The number of hydrogen-bond donors (Lipinski definition) is 3. The standard InChI is InChI=1S/C16H24N4O/c1-15(2)9-4-5-16(3,7-9)14(15)20-13-11(12(18)21)6-10(17)8-19-13/h6,8-9,14H,4-5,7,17H2,1-3H3,(H2,18,21)(H,19,20). The lowest BCUT2D eigenvalue weighted by molar-refractivity contribution is 0.1000. The highest BCUT2D eigenvalue weighted by molar-refractivity contribution is 5.98. The van der Waals surface area contributed by atoms with Gasteiger partial charge < -0.3 is 16.8 Å². The Morgan fingerprint density at radius 1 is 1.43 bits per heavy atom. The third-order valence-electron chi connectivity index (χ3n) is 5.73. The minimum atomic E-state index is -0.497. The number of anilines is 2. The van der Waals surface area contributed by atoms with Gasteiger partial charge in [0.2, 0.25) is 0 Å². The van der Waals surface area contributed by atoms with E-state index in [1.54, 1.807) is 12.3 Å². The van der Waals surface area contributed by atoms with Crippen molar-refractivity contribution in [1.29, 1.82) is 0 Å². The number of aromatic nitrogens is 1. The zero-order valence-electron chi connectivity index (χ0n) is 12.9. The van der Waals surface area contributed by atoms with Gasteiger partial charge in [0.05, 0.1) is 17.4 Å². The first-order valence-electron chi connectivity index (χ1n) is 7.56. The third kappa shape index (κ3) is 2.06. The Morgan fingerprint density at radius 3 is 2.71 bits per heavy atom. The number of hydrogen-bond acceptors (Lipinski definition) is 4. The van der Waals surface area contributed by atoms with Crippen LogP contribution >= 0.6 is 0 Å². The monoisotopic (exact) mass is 288 g/mol. The first-order chi connectivity index (χ1) is 9.74. The summed E-state index contributed by atoms with van der Waals surface area (Å²) in [5.74, 6) is 0.790. The molecular weight excluding hydrogens is 264 g/mol. The fraction of sp³-hybridized carbons (Fsp3) is 0.625. The lowest BCUT2D eigenvalue weighted by atomic mass is 9.68. The Labute approximate surface area is 125 Å². The average molecular weight is 288 g/mol. The first-order valence-corrected chi connectivity index (χ1v) is 7.56. The van der Waals surface area contributed by atoms with Gasteiger partial charge in [0.25, 0.3) is 5.91 Å². The summed E-state index contributed by atoms with van der Waals surface area (Å²) in [7, 11) is 0. The molecule has 114 valence electrons. The summed E-state index contributed by atoms with van der Waals surface area (Å²) < 4.78 is 0. The van der Waals surface area contributed by atoms with Gasteiger partial charge in [-0.3, -0.25) is 4.79 Å². The number of rotatable bonds is 3. The number of nitrogens with two attached hydrogens (primary N) is 2. The topological polar surface area (TPSA) is 94.0 Å². The van der Waals surface area contributed by atoms with Crippen LogP contribution < -0.4 is 16.8 Å². The SMILES string of the molecule is CC12CCC(C1)C(C)(C)C2Nc1ncc(N)cc1C(N)=O. The number of nitrogens with one attached hydrogen (secondary N) is 1. The van der Waals surface area contributed by atoms with Crippen LogP contribution in [0.1, 0.15) is 50.4 Å². The van der Waals surface area contributed by atoms with Crippen molar-refractivity contribution in [2.45, 2.75) is 46.1 Å². The molecule has 0 saturated heterocycles. The lowest BCUT2D eigenvalue weighted by Crippen LogP contribution is -2.46. The highest BCUT2D eigenvalue weighted by atomic mass is 16.1. The Bertz CT molecular complexity index is 593. The van der Waals surface area contributed by atoms with E-state index in [0.717, 1.165) is 5.92 Å². The highest BCUT2D eigenvalue weighted by Crippen LogP contribution is 2.63. The summed E-state index contributed by atoms with van der Waals surface area (Å²) in [5, 5.41) is 3.51. The molecule has 5 nitrogen and oxygen atoms in total. The second-order valence-corrected chi connectivity index (χ2v) is 7.52. The lowest BCUT2D eigenvalue weighted by Gasteiger charge is -2.43. The van der Waals surface area contributed by atoms with E-state index in [-0.39, 0.29) is 16.9 Å². The van der Waals surface area contributed by atoms with Crippen molar-refractivity contribution >= 4 is 17.4 Å². The summed E-state index contributed by atoms with van der Waals surface area (Å²) in [5.41, 5.74) is 12.4. The van der Waals surface area contributed by atoms with Crippen LogP contribution in [0.25, 0.3) is 0 Å². The number of amides is 1. The predicted molar refractivity (Wildman–Crippen MR) is 83.8 cm³/mol. The van der Waals surface area contributed by atoms with Crippen molar-refractivity contribution in [3.8, 4) is 0 Å². The summed E-state index contributed by atoms with van der Waals surface area (Å²) in [4.78, 5) is 15.9. The third-order valence-corrected chi connectivity index (χ3v) is 5.73. The van der Waals surface area contributed by atoms with E-state index in [0.29, 0.717) is 17.1 Å². The fourth-order valence-corrected chi connectivity index (χ4v) is 4.58. The first kappa shape index (κ1) is 14.2. The molecule has 0 spiro atoms. The van der Waals surface area contributed by atoms with Crippen LogP contribution in [0, 0.1) is 16.7 Å². The molecule has 0 radical (unpaired) electrons. The normalized spacial score (nSPS) is 33.1. The van der Waals surface area contributed by atoms with Crippen LogP contribution in [-0.4, -0.2) is 16.9 Å². The molecule has 3 unspecified atom stereocenters. The van der Waals surface area contributed by atoms with E-state index in [1.165, 1.54) is 19.3 Å². The van der Waals surface area contributed by atoms with Crippen LogP contribution in [0.4, 0.5) is 11.5 Å². The van der Waals surface area contributed by atoms with Gasteiger partial charge in [-0.1, -0.05) is 20.8 Å². The number of carbonyl (C=O) groups is 1. The van der Waals surface area contributed by atoms with Gasteiger partial charge in [0.15, 0.2) is 0 Å². The molecule has 3 atom stereocenters. The van der Waals surface area contributed by atoms with Crippen LogP contribution in [0.15, 0.2) is 12.3 Å². The summed E-state index contributed by atoms with van der Waals surface area (Å²) in [6, 6.07) is 1.89. The zero-order chi connectivity index (χ0) is 15.4. The van der Waals surface area contributed by atoms with Crippen molar-refractivity contribution in [3.05, 3.63) is 17.8 Å². The number of nitrogen functional groups attached to an aromatic ring is 1. The Hall–Kier alpha value is -1.78. The maximum atomic E-state index is 11.6. The molecule has 1 amide bonds. The Balaban J connectivity index is 1.96. The molecular formula is C16H24N4O. The average Bonchev–Trinajstić information content (AvgIpc) is 2.87. The molecule has 3 rings (SSSR count). The highest BCUT2D eigenvalue weighted by Gasteiger charge is 2.59. The van der Waals surface area contributed by atoms with Crippen molar-refractivity contribution in [3.63, 3.8) is 0 Å². The van der Waals surface area contributed by atoms with Gasteiger partial charge in [0.1, 0.15) is 5.82 Å². The summed E-state index contributed by atoms with van der Waals surface area (Å²) in [6.07, 6.45) is 5.31. The van der Waals surface area contributed by atoms with E-state index < -0.39 is 5.91 Å². The molecule has 2 aliphatic carbocycles. The van der Waals surface area contributed by atoms with E-state index in [1.807, 2.05) is 0 Å². The molecule has 0 aromatic carbocycles. The van der Waals surface area contributed by atoms with Crippen molar-refractivity contribution in [1.82, 2.24) is 4.98 Å². The quantitative estimate of drug-likeness (QED) is 0.796. The van der Waals surface area contributed by atoms with Gasteiger partial charge in [-0.05, 0) is 42.1 Å². The number of fused-ring (bicyclic) bond motifs is 2. The van der Waals surface area contributed by atoms with E-state index >= 15 is 0 Å². The van der Waals surface area contributed by atoms with Gasteiger partial charge in [-0.2, -0.15) is 0 Å². The summed E-state index contributed by atoms with van der Waals surface area (Å²) >= 11 is 0. The van der Waals surface area contributed by atoms with E-state index in [9.17, 15) is 4.79 Å². The van der Waals surface area contributed by atoms with Crippen LogP contribution in [0.3, 0.4) is 0 Å². The molecule has 2 aliphatic rings. The van der Waals surface area contributed by atoms with Crippen LogP contribution in [-0.2, 0) is 0 Å². The zero-order valence-corrected chi connectivity index (χ0v) is 12.9. The second-order valence-electron chi connectivity index (χ2n) is 7.52. The van der Waals surface area contributed by atoms with E-state index in [2.05, 4.69) is 31.1 Å². The molecule has 2 saturated carbocycles. The predicted octanol–water partition coefficient (Wildman–Crippen LogP) is 2.39. The number of pyridine rings is 1. The minimum Gasteiger partial charge on any atom is -0.397 e. The second kappa shape index (κ2) is 4.36. The minimum absolute atomic E-state index is 0.185. The van der Waals surface area contributed by atoms with Gasteiger partial charge >= 0.3 is 0 Å². The van der Waals surface area contributed by atoms with Gasteiger partial charge in [0, 0.05) is 6.04 Å².